The predicted octanol–water partition coefficient (Wildman–Crippen LogP) is 4.43. The zero-order valence-electron chi connectivity index (χ0n) is 18.2. The number of aromatic nitrogens is 3. The lowest BCUT2D eigenvalue weighted by atomic mass is 9.97. The van der Waals surface area contributed by atoms with Crippen molar-refractivity contribution in [3.8, 4) is 11.1 Å². The molecule has 0 N–H and O–H groups in total. The van der Waals surface area contributed by atoms with Gasteiger partial charge in [-0.3, -0.25) is 9.97 Å². The third kappa shape index (κ3) is 3.45. The molecule has 0 unspecified atom stereocenters. The van der Waals surface area contributed by atoms with Crippen LogP contribution in [-0.2, 0) is 6.42 Å². The molecule has 1 aromatic carbocycles. The highest BCUT2D eigenvalue weighted by molar-refractivity contribution is 5.90. The van der Waals surface area contributed by atoms with Crippen LogP contribution in [0.25, 0.3) is 27.6 Å². The molecule has 4 heterocycles. The van der Waals surface area contributed by atoms with Crippen LogP contribution >= 0.6 is 0 Å². The van der Waals surface area contributed by atoms with Gasteiger partial charge < -0.3 is 9.80 Å². The maximum absolute atomic E-state index is 4.82. The summed E-state index contributed by atoms with van der Waals surface area (Å²) in [5.41, 5.74) is 8.17. The van der Waals surface area contributed by atoms with Crippen LogP contribution in [0.2, 0.25) is 0 Å². The number of anilines is 1. The Morgan fingerprint density at radius 1 is 0.781 bits per heavy atom. The van der Waals surface area contributed by atoms with E-state index in [9.17, 15) is 0 Å². The Bertz CT molecular complexity index is 1330. The Balaban J connectivity index is 1.34. The third-order valence-electron chi connectivity index (χ3n) is 6.58. The van der Waals surface area contributed by atoms with Crippen molar-refractivity contribution in [3.63, 3.8) is 0 Å². The number of allylic oxidation sites excluding steroid dienone is 1. The van der Waals surface area contributed by atoms with Crippen molar-refractivity contribution in [2.45, 2.75) is 6.42 Å². The van der Waals surface area contributed by atoms with E-state index in [1.807, 2.05) is 24.7 Å². The van der Waals surface area contributed by atoms with E-state index in [0.717, 1.165) is 66.1 Å². The van der Waals surface area contributed by atoms with Gasteiger partial charge in [-0.15, -0.1) is 0 Å². The van der Waals surface area contributed by atoms with E-state index in [2.05, 4.69) is 75.4 Å². The molecule has 0 atom stereocenters. The van der Waals surface area contributed by atoms with Crippen molar-refractivity contribution < 1.29 is 0 Å². The minimum absolute atomic E-state index is 0.874. The van der Waals surface area contributed by atoms with Gasteiger partial charge in [-0.1, -0.05) is 18.2 Å². The van der Waals surface area contributed by atoms with Crippen LogP contribution < -0.4 is 4.90 Å². The second-order valence-electron chi connectivity index (χ2n) is 8.64. The van der Waals surface area contributed by atoms with E-state index in [1.54, 1.807) is 0 Å². The molecular weight excluding hydrogens is 394 g/mol. The zero-order valence-corrected chi connectivity index (χ0v) is 18.2. The van der Waals surface area contributed by atoms with Crippen molar-refractivity contribution in [3.05, 3.63) is 90.0 Å². The van der Waals surface area contributed by atoms with Crippen molar-refractivity contribution in [1.82, 2.24) is 19.9 Å². The Morgan fingerprint density at radius 3 is 2.59 bits per heavy atom. The summed E-state index contributed by atoms with van der Waals surface area (Å²) in [5, 5.41) is 1.16. The lowest BCUT2D eigenvalue weighted by molar-refractivity contribution is 0.312. The van der Waals surface area contributed by atoms with Gasteiger partial charge in [0.2, 0.25) is 0 Å². The molecule has 158 valence electrons. The molecule has 4 aromatic rings. The molecule has 0 spiro atoms. The van der Waals surface area contributed by atoms with Gasteiger partial charge in [-0.25, -0.2) is 4.98 Å². The minimum Gasteiger partial charge on any atom is -0.354 e. The Kier molecular flexibility index (Phi) is 4.69. The summed E-state index contributed by atoms with van der Waals surface area (Å²) < 4.78 is 0. The number of rotatable bonds is 3. The summed E-state index contributed by atoms with van der Waals surface area (Å²) in [6.45, 7) is 4.17. The van der Waals surface area contributed by atoms with Gasteiger partial charge in [-0.2, -0.15) is 0 Å². The number of pyridine rings is 3. The van der Waals surface area contributed by atoms with Crippen molar-refractivity contribution in [1.29, 1.82) is 0 Å². The summed E-state index contributed by atoms with van der Waals surface area (Å²) in [5.74, 6) is 1.05. The number of hydrogen-bond acceptors (Lipinski definition) is 5. The van der Waals surface area contributed by atoms with Crippen LogP contribution in [0.3, 0.4) is 0 Å². The third-order valence-corrected chi connectivity index (χ3v) is 6.58. The number of hydrogen-bond donors (Lipinski definition) is 0. The largest absolute Gasteiger partial charge is 0.354 e. The number of fused-ring (bicyclic) bond motifs is 2. The Morgan fingerprint density at radius 2 is 1.69 bits per heavy atom. The first-order valence-corrected chi connectivity index (χ1v) is 11.2. The smallest absolute Gasteiger partial charge is 0.129 e. The van der Waals surface area contributed by atoms with Crippen molar-refractivity contribution >= 4 is 22.3 Å². The fourth-order valence-electron chi connectivity index (χ4n) is 4.68. The first-order chi connectivity index (χ1) is 15.7. The predicted molar refractivity (Wildman–Crippen MR) is 130 cm³/mol. The van der Waals surface area contributed by atoms with E-state index in [0.29, 0.717) is 0 Å². The average molecular weight is 420 g/mol. The van der Waals surface area contributed by atoms with Gasteiger partial charge in [0, 0.05) is 67.7 Å². The SMILES string of the molecule is CN1CCN(c2cc(-c3cnc4c(c3)C(c3ccc5ncccc5c3)=CC4)ccn2)CC1. The van der Waals surface area contributed by atoms with Crippen LogP contribution in [0.15, 0.2) is 73.2 Å². The lowest BCUT2D eigenvalue weighted by Crippen LogP contribution is -2.44. The molecule has 1 fully saturated rings. The molecule has 2 aliphatic rings. The Hall–Kier alpha value is -3.57. The number of likely N-dealkylation sites (N-methyl/N-ethyl adjacent to an activating group) is 1. The van der Waals surface area contributed by atoms with Crippen LogP contribution in [0.4, 0.5) is 5.82 Å². The maximum Gasteiger partial charge on any atom is 0.129 e. The first kappa shape index (κ1) is 19.1. The highest BCUT2D eigenvalue weighted by Gasteiger charge is 2.19. The quantitative estimate of drug-likeness (QED) is 0.492. The van der Waals surface area contributed by atoms with Gasteiger partial charge in [0.1, 0.15) is 5.82 Å². The summed E-state index contributed by atoms with van der Waals surface area (Å²) in [6, 6.07) is 17.2. The molecule has 0 amide bonds. The van der Waals surface area contributed by atoms with E-state index in [-0.39, 0.29) is 0 Å². The number of nitrogens with zero attached hydrogens (tertiary/aromatic N) is 5. The zero-order chi connectivity index (χ0) is 21.5. The van der Waals surface area contributed by atoms with Crippen LogP contribution in [0.1, 0.15) is 16.8 Å². The standard InChI is InChI=1S/C27H25N5/c1-31-11-13-32(14-12-31)27-17-19(8-10-29-27)22-16-24-23(5-7-26(24)30-18-22)20-4-6-25-21(15-20)3-2-9-28-25/h2-6,8-10,15-18H,7,11-14H2,1H3. The number of piperazine rings is 1. The van der Waals surface area contributed by atoms with Gasteiger partial charge in [-0.05, 0) is 60.1 Å². The van der Waals surface area contributed by atoms with E-state index < -0.39 is 0 Å². The summed E-state index contributed by atoms with van der Waals surface area (Å²) in [6.07, 6.45) is 8.93. The molecule has 6 rings (SSSR count). The highest BCUT2D eigenvalue weighted by atomic mass is 15.3. The summed E-state index contributed by atoms with van der Waals surface area (Å²) in [7, 11) is 2.18. The Labute approximate surface area is 188 Å². The second kappa shape index (κ2) is 7.84. The van der Waals surface area contributed by atoms with Crippen LogP contribution in [-0.4, -0.2) is 53.1 Å². The van der Waals surface area contributed by atoms with Crippen LogP contribution in [0.5, 0.6) is 0 Å². The number of benzene rings is 1. The molecule has 3 aromatic heterocycles. The molecule has 1 aliphatic carbocycles. The molecule has 5 heteroatoms. The maximum atomic E-state index is 4.82. The molecular formula is C27H25N5. The monoisotopic (exact) mass is 419 g/mol. The molecule has 0 saturated carbocycles. The topological polar surface area (TPSA) is 45.2 Å². The molecule has 0 radical (unpaired) electrons. The average Bonchev–Trinajstić information content (AvgIpc) is 3.27. The van der Waals surface area contributed by atoms with Gasteiger partial charge in [0.25, 0.3) is 0 Å². The van der Waals surface area contributed by atoms with Gasteiger partial charge in [0.05, 0.1) is 11.2 Å². The fourth-order valence-corrected chi connectivity index (χ4v) is 4.68. The van der Waals surface area contributed by atoms with E-state index in [4.69, 9.17) is 4.98 Å². The van der Waals surface area contributed by atoms with Gasteiger partial charge in [0.15, 0.2) is 0 Å². The second-order valence-corrected chi connectivity index (χ2v) is 8.64. The van der Waals surface area contributed by atoms with E-state index >= 15 is 0 Å². The molecule has 5 nitrogen and oxygen atoms in total. The highest BCUT2D eigenvalue weighted by Crippen LogP contribution is 2.35. The molecule has 1 aliphatic heterocycles. The van der Waals surface area contributed by atoms with E-state index in [1.165, 1.54) is 16.7 Å². The van der Waals surface area contributed by atoms with Crippen molar-refractivity contribution in [2.75, 3.05) is 38.1 Å². The van der Waals surface area contributed by atoms with Gasteiger partial charge >= 0.3 is 0 Å². The van der Waals surface area contributed by atoms with Crippen LogP contribution in [0, 0.1) is 0 Å². The summed E-state index contributed by atoms with van der Waals surface area (Å²) >= 11 is 0. The molecule has 32 heavy (non-hydrogen) atoms. The molecule has 1 saturated heterocycles. The fraction of sp³-hybridized carbons (Fsp3) is 0.222. The summed E-state index contributed by atoms with van der Waals surface area (Å²) in [4.78, 5) is 18.7. The molecule has 0 bridgehead atoms. The van der Waals surface area contributed by atoms with Crippen molar-refractivity contribution in [2.24, 2.45) is 0 Å². The normalized spacial score (nSPS) is 16.3. The lowest BCUT2D eigenvalue weighted by Gasteiger charge is -2.33. The minimum atomic E-state index is 0.874. The first-order valence-electron chi connectivity index (χ1n) is 11.2.